The van der Waals surface area contributed by atoms with Crippen molar-refractivity contribution in [3.63, 3.8) is 0 Å². The van der Waals surface area contributed by atoms with E-state index in [1.807, 2.05) is 25.1 Å². The second kappa shape index (κ2) is 6.42. The fourth-order valence-electron chi connectivity index (χ4n) is 1.62. The summed E-state index contributed by atoms with van der Waals surface area (Å²) >= 11 is 0. The topological polar surface area (TPSA) is 45.0 Å². The lowest BCUT2D eigenvalue weighted by Crippen LogP contribution is -2.43. The molecule has 0 heterocycles. The Balaban J connectivity index is 2.83. The Kier molecular flexibility index (Phi) is 5.18. The summed E-state index contributed by atoms with van der Waals surface area (Å²) in [5, 5.41) is 12.1. The van der Waals surface area contributed by atoms with Crippen molar-refractivity contribution in [2.24, 2.45) is 0 Å². The van der Waals surface area contributed by atoms with Crippen molar-refractivity contribution in [1.82, 2.24) is 5.32 Å². The lowest BCUT2D eigenvalue weighted by atomic mass is 9.97. The third kappa shape index (κ3) is 3.48. The minimum Gasteiger partial charge on any atom is -0.490 e. The van der Waals surface area contributed by atoms with E-state index in [0.29, 0.717) is 12.5 Å². The smallest absolute Gasteiger partial charge is 0.137 e. The first kappa shape index (κ1) is 14.5. The van der Waals surface area contributed by atoms with Crippen LogP contribution < -0.4 is 10.1 Å². The van der Waals surface area contributed by atoms with Gasteiger partial charge in [-0.25, -0.2) is 0 Å². The SMILES string of the molecule is CCC(C)c1ccccc1OCC(C)(C#N)NC. The standard InChI is InChI=1S/C15H22N2O/c1-5-12(2)13-8-6-7-9-14(13)18-11-15(3,10-16)17-4/h6-9,12,17H,5,11H2,1-4H3. The molecular weight excluding hydrogens is 224 g/mol. The fraction of sp³-hybridized carbons (Fsp3) is 0.533. The molecule has 3 nitrogen and oxygen atoms in total. The molecule has 18 heavy (non-hydrogen) atoms. The van der Waals surface area contributed by atoms with Crippen LogP contribution in [0.5, 0.6) is 5.75 Å². The predicted octanol–water partition coefficient (Wildman–Crippen LogP) is 3.08. The van der Waals surface area contributed by atoms with Gasteiger partial charge in [0.05, 0.1) is 6.07 Å². The Morgan fingerprint density at radius 2 is 2.11 bits per heavy atom. The molecule has 0 aliphatic rings. The molecule has 0 bridgehead atoms. The van der Waals surface area contributed by atoms with Gasteiger partial charge in [0, 0.05) is 0 Å². The summed E-state index contributed by atoms with van der Waals surface area (Å²) in [7, 11) is 1.77. The average molecular weight is 246 g/mol. The van der Waals surface area contributed by atoms with E-state index >= 15 is 0 Å². The van der Waals surface area contributed by atoms with E-state index in [1.165, 1.54) is 5.56 Å². The lowest BCUT2D eigenvalue weighted by molar-refractivity contribution is 0.239. The third-order valence-corrected chi connectivity index (χ3v) is 3.38. The van der Waals surface area contributed by atoms with Crippen LogP contribution in [0.15, 0.2) is 24.3 Å². The maximum absolute atomic E-state index is 9.10. The third-order valence-electron chi connectivity index (χ3n) is 3.38. The number of benzene rings is 1. The van der Waals surface area contributed by atoms with Gasteiger partial charge in [0.15, 0.2) is 0 Å². The van der Waals surface area contributed by atoms with E-state index in [-0.39, 0.29) is 0 Å². The molecule has 2 atom stereocenters. The first-order chi connectivity index (χ1) is 8.56. The maximum atomic E-state index is 9.10. The Morgan fingerprint density at radius 1 is 1.44 bits per heavy atom. The molecule has 0 aliphatic heterocycles. The van der Waals surface area contributed by atoms with Gasteiger partial charge in [-0.2, -0.15) is 5.26 Å². The molecule has 3 heteroatoms. The molecule has 1 rings (SSSR count). The number of para-hydroxylation sites is 1. The van der Waals surface area contributed by atoms with Crippen molar-refractivity contribution in [2.75, 3.05) is 13.7 Å². The highest BCUT2D eigenvalue weighted by atomic mass is 16.5. The van der Waals surface area contributed by atoms with E-state index in [1.54, 1.807) is 7.05 Å². The van der Waals surface area contributed by atoms with Gasteiger partial charge in [0.2, 0.25) is 0 Å². The van der Waals surface area contributed by atoms with Gasteiger partial charge in [-0.05, 0) is 37.9 Å². The average Bonchev–Trinajstić information content (AvgIpc) is 2.44. The monoisotopic (exact) mass is 246 g/mol. The predicted molar refractivity (Wildman–Crippen MR) is 73.7 cm³/mol. The first-order valence-electron chi connectivity index (χ1n) is 6.38. The molecule has 0 radical (unpaired) electrons. The van der Waals surface area contributed by atoms with Gasteiger partial charge >= 0.3 is 0 Å². The van der Waals surface area contributed by atoms with Crippen LogP contribution >= 0.6 is 0 Å². The zero-order valence-corrected chi connectivity index (χ0v) is 11.7. The van der Waals surface area contributed by atoms with Gasteiger partial charge in [0.1, 0.15) is 17.9 Å². The van der Waals surface area contributed by atoms with Gasteiger partial charge in [-0.15, -0.1) is 0 Å². The van der Waals surface area contributed by atoms with E-state index in [2.05, 4.69) is 31.3 Å². The summed E-state index contributed by atoms with van der Waals surface area (Å²) in [5.74, 6) is 1.34. The molecule has 1 aromatic carbocycles. The number of likely N-dealkylation sites (N-methyl/N-ethyl adjacent to an activating group) is 1. The van der Waals surface area contributed by atoms with Crippen LogP contribution in [0.25, 0.3) is 0 Å². The largest absolute Gasteiger partial charge is 0.490 e. The molecular formula is C15H22N2O. The van der Waals surface area contributed by atoms with Crippen LogP contribution in [0.2, 0.25) is 0 Å². The number of hydrogen-bond acceptors (Lipinski definition) is 3. The normalized spacial score (nSPS) is 15.5. The van der Waals surface area contributed by atoms with Crippen molar-refractivity contribution >= 4 is 0 Å². The number of rotatable bonds is 6. The number of nitrogens with zero attached hydrogens (tertiary/aromatic N) is 1. The van der Waals surface area contributed by atoms with Crippen molar-refractivity contribution in [1.29, 1.82) is 5.26 Å². The highest BCUT2D eigenvalue weighted by Gasteiger charge is 2.23. The molecule has 0 aromatic heterocycles. The van der Waals surface area contributed by atoms with E-state index < -0.39 is 5.54 Å². The lowest BCUT2D eigenvalue weighted by Gasteiger charge is -2.23. The summed E-state index contributed by atoms with van der Waals surface area (Å²) < 4.78 is 5.82. The quantitative estimate of drug-likeness (QED) is 0.839. The number of hydrogen-bond donors (Lipinski definition) is 1. The van der Waals surface area contributed by atoms with Gasteiger partial charge in [-0.3, -0.25) is 5.32 Å². The first-order valence-corrected chi connectivity index (χ1v) is 6.38. The van der Waals surface area contributed by atoms with Crippen LogP contribution in [0.1, 0.15) is 38.7 Å². The highest BCUT2D eigenvalue weighted by Crippen LogP contribution is 2.28. The Bertz CT molecular complexity index is 425. The van der Waals surface area contributed by atoms with Crippen LogP contribution in [0, 0.1) is 11.3 Å². The molecule has 0 saturated carbocycles. The minimum absolute atomic E-state index is 0.341. The fourth-order valence-corrected chi connectivity index (χ4v) is 1.62. The summed E-state index contributed by atoms with van der Waals surface area (Å²) in [5.41, 5.74) is 0.555. The van der Waals surface area contributed by atoms with Crippen molar-refractivity contribution in [3.05, 3.63) is 29.8 Å². The highest BCUT2D eigenvalue weighted by molar-refractivity contribution is 5.36. The molecule has 0 aliphatic carbocycles. The molecule has 0 spiro atoms. The van der Waals surface area contributed by atoms with Gasteiger partial charge in [0.25, 0.3) is 0 Å². The van der Waals surface area contributed by atoms with Crippen molar-refractivity contribution in [3.8, 4) is 11.8 Å². The zero-order valence-electron chi connectivity index (χ0n) is 11.7. The van der Waals surface area contributed by atoms with Crippen LogP contribution in [-0.2, 0) is 0 Å². The van der Waals surface area contributed by atoms with Crippen LogP contribution in [-0.4, -0.2) is 19.2 Å². The van der Waals surface area contributed by atoms with Gasteiger partial charge < -0.3 is 4.74 Å². The Labute approximate surface area is 110 Å². The summed E-state index contributed by atoms with van der Waals surface area (Å²) in [6, 6.07) is 10.3. The van der Waals surface area contributed by atoms with Crippen LogP contribution in [0.3, 0.4) is 0 Å². The molecule has 98 valence electrons. The molecule has 1 N–H and O–H groups in total. The maximum Gasteiger partial charge on any atom is 0.137 e. The van der Waals surface area contributed by atoms with E-state index in [9.17, 15) is 0 Å². The number of nitriles is 1. The van der Waals surface area contributed by atoms with Crippen LogP contribution in [0.4, 0.5) is 0 Å². The Morgan fingerprint density at radius 3 is 2.67 bits per heavy atom. The van der Waals surface area contributed by atoms with Crippen molar-refractivity contribution < 1.29 is 4.74 Å². The van der Waals surface area contributed by atoms with Gasteiger partial charge in [-0.1, -0.05) is 32.0 Å². The second-order valence-electron chi connectivity index (χ2n) is 4.83. The van der Waals surface area contributed by atoms with Crippen molar-refractivity contribution in [2.45, 2.75) is 38.6 Å². The molecule has 0 fully saturated rings. The minimum atomic E-state index is -0.650. The summed E-state index contributed by atoms with van der Waals surface area (Å²) in [6.07, 6.45) is 1.07. The zero-order chi connectivity index (χ0) is 13.6. The Hall–Kier alpha value is -1.53. The number of ether oxygens (including phenoxy) is 1. The van der Waals surface area contributed by atoms with E-state index in [0.717, 1.165) is 12.2 Å². The molecule has 1 aromatic rings. The second-order valence-corrected chi connectivity index (χ2v) is 4.83. The molecule has 2 unspecified atom stereocenters. The summed E-state index contributed by atoms with van der Waals surface area (Å²) in [6.45, 7) is 6.52. The summed E-state index contributed by atoms with van der Waals surface area (Å²) in [4.78, 5) is 0. The molecule has 0 amide bonds. The molecule has 0 saturated heterocycles. The number of nitrogens with one attached hydrogen (secondary N) is 1. The van der Waals surface area contributed by atoms with E-state index in [4.69, 9.17) is 10.00 Å².